The van der Waals surface area contributed by atoms with Crippen molar-refractivity contribution in [1.29, 1.82) is 0 Å². The number of aromatic nitrogens is 5. The van der Waals surface area contributed by atoms with Crippen molar-refractivity contribution in [2.45, 2.75) is 20.0 Å². The SMILES string of the molecule is CCn1cnnc1CNc1nsnc1Cl. The van der Waals surface area contributed by atoms with E-state index < -0.39 is 0 Å². The molecule has 2 aromatic heterocycles. The van der Waals surface area contributed by atoms with Crippen molar-refractivity contribution < 1.29 is 0 Å². The number of aryl methyl sites for hydroxylation is 1. The molecule has 0 saturated carbocycles. The number of hydrogen-bond acceptors (Lipinski definition) is 6. The van der Waals surface area contributed by atoms with Gasteiger partial charge >= 0.3 is 0 Å². The summed E-state index contributed by atoms with van der Waals surface area (Å²) in [6.45, 7) is 3.41. The Kier molecular flexibility index (Phi) is 3.12. The van der Waals surface area contributed by atoms with E-state index in [1.807, 2.05) is 11.5 Å². The van der Waals surface area contributed by atoms with Crippen LogP contribution < -0.4 is 5.32 Å². The topological polar surface area (TPSA) is 68.5 Å². The van der Waals surface area contributed by atoms with E-state index in [0.29, 0.717) is 17.5 Å². The van der Waals surface area contributed by atoms with Crippen LogP contribution in [0.2, 0.25) is 5.15 Å². The van der Waals surface area contributed by atoms with Gasteiger partial charge in [-0.1, -0.05) is 11.6 Å². The summed E-state index contributed by atoms with van der Waals surface area (Å²) in [6, 6.07) is 0. The Bertz CT molecular complexity index is 438. The minimum absolute atomic E-state index is 0.391. The molecule has 0 saturated heterocycles. The van der Waals surface area contributed by atoms with Gasteiger partial charge < -0.3 is 9.88 Å². The van der Waals surface area contributed by atoms with E-state index in [4.69, 9.17) is 11.6 Å². The fourth-order valence-electron chi connectivity index (χ4n) is 1.13. The van der Waals surface area contributed by atoms with E-state index in [0.717, 1.165) is 24.1 Å². The molecule has 0 atom stereocenters. The zero-order valence-corrected chi connectivity index (χ0v) is 9.59. The Morgan fingerprint density at radius 1 is 1.53 bits per heavy atom. The molecule has 0 amide bonds. The summed E-state index contributed by atoms with van der Waals surface area (Å²) in [5, 5.41) is 11.2. The van der Waals surface area contributed by atoms with Crippen LogP contribution in [-0.2, 0) is 13.1 Å². The van der Waals surface area contributed by atoms with Crippen LogP contribution >= 0.6 is 23.3 Å². The number of nitrogens with zero attached hydrogens (tertiary/aromatic N) is 5. The van der Waals surface area contributed by atoms with E-state index in [-0.39, 0.29) is 0 Å². The molecule has 0 bridgehead atoms. The molecule has 0 aromatic carbocycles. The van der Waals surface area contributed by atoms with Crippen LogP contribution in [0.3, 0.4) is 0 Å². The fourth-order valence-corrected chi connectivity index (χ4v) is 1.81. The summed E-state index contributed by atoms with van der Waals surface area (Å²) in [4.78, 5) is 0. The second kappa shape index (κ2) is 4.54. The number of nitrogens with one attached hydrogen (secondary N) is 1. The molecule has 80 valence electrons. The van der Waals surface area contributed by atoms with Gasteiger partial charge in [-0.25, -0.2) is 0 Å². The van der Waals surface area contributed by atoms with Crippen LogP contribution in [0.25, 0.3) is 0 Å². The minimum Gasteiger partial charge on any atom is -0.359 e. The van der Waals surface area contributed by atoms with Gasteiger partial charge in [-0.3, -0.25) is 0 Å². The maximum Gasteiger partial charge on any atom is 0.186 e. The molecule has 0 aliphatic heterocycles. The lowest BCUT2D eigenvalue weighted by Gasteiger charge is -2.03. The van der Waals surface area contributed by atoms with E-state index >= 15 is 0 Å². The maximum atomic E-state index is 5.79. The first-order valence-electron chi connectivity index (χ1n) is 4.40. The molecule has 0 fully saturated rings. The van der Waals surface area contributed by atoms with Crippen molar-refractivity contribution in [2.24, 2.45) is 0 Å². The van der Waals surface area contributed by atoms with Crippen molar-refractivity contribution in [1.82, 2.24) is 23.5 Å². The van der Waals surface area contributed by atoms with Crippen molar-refractivity contribution in [2.75, 3.05) is 5.32 Å². The van der Waals surface area contributed by atoms with Crippen LogP contribution in [-0.4, -0.2) is 23.5 Å². The predicted molar refractivity (Wildman–Crippen MR) is 57.9 cm³/mol. The van der Waals surface area contributed by atoms with Gasteiger partial charge in [0.05, 0.1) is 18.3 Å². The Balaban J connectivity index is 2.02. The highest BCUT2D eigenvalue weighted by Gasteiger charge is 2.07. The average Bonchev–Trinajstić information content (AvgIpc) is 2.83. The van der Waals surface area contributed by atoms with Crippen LogP contribution in [0.15, 0.2) is 6.33 Å². The van der Waals surface area contributed by atoms with Gasteiger partial charge in [0.15, 0.2) is 16.8 Å². The Morgan fingerprint density at radius 3 is 3.07 bits per heavy atom. The highest BCUT2D eigenvalue weighted by atomic mass is 35.5. The molecule has 1 N–H and O–H groups in total. The lowest BCUT2D eigenvalue weighted by atomic mass is 10.5. The molecule has 0 unspecified atom stereocenters. The third-order valence-corrected chi connectivity index (χ3v) is 2.79. The smallest absolute Gasteiger partial charge is 0.186 e. The Hall–Kier alpha value is -1.21. The normalized spacial score (nSPS) is 10.5. The first kappa shape index (κ1) is 10.3. The number of halogens is 1. The lowest BCUT2D eigenvalue weighted by molar-refractivity contribution is 0.707. The van der Waals surface area contributed by atoms with Gasteiger partial charge in [0.1, 0.15) is 6.33 Å². The minimum atomic E-state index is 0.391. The van der Waals surface area contributed by atoms with Gasteiger partial charge in [0.2, 0.25) is 0 Å². The third kappa shape index (κ3) is 2.24. The van der Waals surface area contributed by atoms with E-state index in [1.54, 1.807) is 6.33 Å². The molecular weight excluding hydrogens is 236 g/mol. The number of anilines is 1. The second-order valence-corrected chi connectivity index (χ2v) is 3.68. The Labute approximate surface area is 95.6 Å². The molecule has 6 nitrogen and oxygen atoms in total. The fraction of sp³-hybridized carbons (Fsp3) is 0.429. The summed E-state index contributed by atoms with van der Waals surface area (Å²) in [5.41, 5.74) is 0. The van der Waals surface area contributed by atoms with Gasteiger partial charge in [-0.15, -0.1) is 10.2 Å². The molecule has 0 aliphatic carbocycles. The highest BCUT2D eigenvalue weighted by Crippen LogP contribution is 2.18. The van der Waals surface area contributed by atoms with Crippen LogP contribution in [0.4, 0.5) is 5.82 Å². The zero-order chi connectivity index (χ0) is 10.7. The molecule has 0 aliphatic rings. The molecule has 2 heterocycles. The second-order valence-electron chi connectivity index (χ2n) is 2.79. The largest absolute Gasteiger partial charge is 0.359 e. The number of rotatable bonds is 4. The molecule has 2 rings (SSSR count). The summed E-state index contributed by atoms with van der Waals surface area (Å²) in [5.74, 6) is 1.44. The molecular formula is C7H9ClN6S. The molecule has 2 aromatic rings. The summed E-state index contributed by atoms with van der Waals surface area (Å²) < 4.78 is 9.80. The van der Waals surface area contributed by atoms with Crippen molar-refractivity contribution in [3.8, 4) is 0 Å². The van der Waals surface area contributed by atoms with Crippen molar-refractivity contribution >= 4 is 29.1 Å². The van der Waals surface area contributed by atoms with Gasteiger partial charge in [-0.2, -0.15) is 8.75 Å². The molecule has 0 radical (unpaired) electrons. The zero-order valence-electron chi connectivity index (χ0n) is 8.01. The quantitative estimate of drug-likeness (QED) is 0.881. The van der Waals surface area contributed by atoms with Crippen molar-refractivity contribution in [3.05, 3.63) is 17.3 Å². The van der Waals surface area contributed by atoms with Crippen LogP contribution in [0.1, 0.15) is 12.7 Å². The van der Waals surface area contributed by atoms with E-state index in [2.05, 4.69) is 24.3 Å². The standard InChI is InChI=1S/C7H9ClN6S/c1-2-14-4-10-11-5(14)3-9-7-6(8)12-15-13-7/h4H,2-3H2,1H3,(H,9,13). The summed E-state index contributed by atoms with van der Waals surface area (Å²) >= 11 is 6.86. The molecule has 8 heteroatoms. The van der Waals surface area contributed by atoms with Crippen LogP contribution in [0, 0.1) is 0 Å². The van der Waals surface area contributed by atoms with E-state index in [1.165, 1.54) is 0 Å². The summed E-state index contributed by atoms with van der Waals surface area (Å²) in [7, 11) is 0. The van der Waals surface area contributed by atoms with Gasteiger partial charge in [0.25, 0.3) is 0 Å². The first-order valence-corrected chi connectivity index (χ1v) is 5.50. The van der Waals surface area contributed by atoms with Gasteiger partial charge in [0, 0.05) is 6.54 Å². The van der Waals surface area contributed by atoms with Crippen LogP contribution in [0.5, 0.6) is 0 Å². The highest BCUT2D eigenvalue weighted by molar-refractivity contribution is 6.99. The molecule has 0 spiro atoms. The third-order valence-electron chi connectivity index (χ3n) is 1.90. The average molecular weight is 245 g/mol. The van der Waals surface area contributed by atoms with E-state index in [9.17, 15) is 0 Å². The number of hydrogen-bond donors (Lipinski definition) is 1. The Morgan fingerprint density at radius 2 is 2.40 bits per heavy atom. The first-order chi connectivity index (χ1) is 7.31. The monoisotopic (exact) mass is 244 g/mol. The molecule has 15 heavy (non-hydrogen) atoms. The van der Waals surface area contributed by atoms with Gasteiger partial charge in [-0.05, 0) is 6.92 Å². The lowest BCUT2D eigenvalue weighted by Crippen LogP contribution is -2.07. The summed E-state index contributed by atoms with van der Waals surface area (Å²) in [6.07, 6.45) is 1.69. The predicted octanol–water partition coefficient (Wildman–Crippen LogP) is 1.41. The van der Waals surface area contributed by atoms with Crippen molar-refractivity contribution in [3.63, 3.8) is 0 Å². The maximum absolute atomic E-state index is 5.79.